The van der Waals surface area contributed by atoms with E-state index in [1.807, 2.05) is 60.9 Å². The number of aliphatic hydroxyl groups is 1. The number of urea groups is 1. The molecule has 2 aliphatic heterocycles. The molecule has 3 heterocycles. The molecule has 10 nitrogen and oxygen atoms in total. The van der Waals surface area contributed by atoms with Crippen LogP contribution < -0.4 is 5.56 Å². The van der Waals surface area contributed by atoms with Crippen molar-refractivity contribution < 1.29 is 19.4 Å². The van der Waals surface area contributed by atoms with E-state index in [9.17, 15) is 19.5 Å². The summed E-state index contributed by atoms with van der Waals surface area (Å²) in [5, 5.41) is 12.1. The maximum Gasteiger partial charge on any atom is 0.410 e. The number of carbonyl (C=O) groups is 2. The lowest BCUT2D eigenvalue weighted by molar-refractivity contribution is -0.137. The van der Waals surface area contributed by atoms with Gasteiger partial charge in [0.05, 0.1) is 24.5 Å². The third-order valence-corrected chi connectivity index (χ3v) is 9.02. The zero-order chi connectivity index (χ0) is 29.4. The molecular weight excluding hydrogens is 522 g/mol. The van der Waals surface area contributed by atoms with Gasteiger partial charge < -0.3 is 24.5 Å². The highest BCUT2D eigenvalue weighted by atomic mass is 16.6. The van der Waals surface area contributed by atoms with E-state index >= 15 is 0 Å². The highest BCUT2D eigenvalue weighted by Crippen LogP contribution is 2.51. The number of amides is 3. The minimum Gasteiger partial charge on any atom is -0.444 e. The van der Waals surface area contributed by atoms with E-state index in [0.717, 1.165) is 31.2 Å². The smallest absolute Gasteiger partial charge is 0.410 e. The molecule has 2 atom stereocenters. The Morgan fingerprint density at radius 3 is 2.41 bits per heavy atom. The van der Waals surface area contributed by atoms with Gasteiger partial charge in [-0.05, 0) is 52.5 Å². The number of rotatable bonds is 3. The zero-order valence-corrected chi connectivity index (χ0v) is 24.7. The van der Waals surface area contributed by atoms with Gasteiger partial charge in [-0.25, -0.2) is 14.6 Å². The van der Waals surface area contributed by atoms with E-state index in [0.29, 0.717) is 44.8 Å². The van der Waals surface area contributed by atoms with E-state index in [2.05, 4.69) is 4.98 Å². The van der Waals surface area contributed by atoms with Gasteiger partial charge >= 0.3 is 12.1 Å². The highest BCUT2D eigenvalue weighted by Gasteiger charge is 2.56. The molecule has 0 radical (unpaired) electrons. The Balaban J connectivity index is 1.37. The SMILES string of the molecule is Cc1cc(=O)n(C[C@]2(O)CCN(C(=O)N3CCN(C(=O)OC(C)(C)C)C[C@H]3c3ccccc3)CC23CCCC3)cn1. The van der Waals surface area contributed by atoms with Crippen molar-refractivity contribution in [2.75, 3.05) is 32.7 Å². The van der Waals surface area contributed by atoms with Gasteiger partial charge in [0.25, 0.3) is 5.56 Å². The molecule has 5 rings (SSSR count). The van der Waals surface area contributed by atoms with Gasteiger partial charge in [0, 0.05) is 49.9 Å². The topological polar surface area (TPSA) is 108 Å². The number of nitrogens with zero attached hydrogens (tertiary/aromatic N) is 5. The summed E-state index contributed by atoms with van der Waals surface area (Å²) < 4.78 is 7.15. The van der Waals surface area contributed by atoms with Crippen LogP contribution in [0.5, 0.6) is 0 Å². The van der Waals surface area contributed by atoms with Crippen molar-refractivity contribution >= 4 is 12.1 Å². The van der Waals surface area contributed by atoms with Gasteiger partial charge in [0.2, 0.25) is 0 Å². The summed E-state index contributed by atoms with van der Waals surface area (Å²) >= 11 is 0. The normalized spacial score (nSPS) is 24.5. The van der Waals surface area contributed by atoms with Crippen LogP contribution in [0.2, 0.25) is 0 Å². The second-order valence-electron chi connectivity index (χ2n) is 13.0. The number of benzene rings is 1. The molecule has 41 heavy (non-hydrogen) atoms. The predicted molar refractivity (Wildman–Crippen MR) is 154 cm³/mol. The summed E-state index contributed by atoms with van der Waals surface area (Å²) in [6, 6.07) is 10.9. The maximum absolute atomic E-state index is 14.2. The molecule has 222 valence electrons. The Labute approximate surface area is 241 Å². The van der Waals surface area contributed by atoms with Crippen LogP contribution in [0.25, 0.3) is 0 Å². The maximum atomic E-state index is 14.2. The van der Waals surface area contributed by atoms with E-state index in [1.54, 1.807) is 11.8 Å². The second kappa shape index (κ2) is 11.1. The average Bonchev–Trinajstić information content (AvgIpc) is 3.41. The molecular formula is C31H43N5O5. The van der Waals surface area contributed by atoms with Crippen LogP contribution in [0.1, 0.15) is 70.2 Å². The number of hydrogen-bond donors (Lipinski definition) is 1. The Hall–Kier alpha value is -3.40. The van der Waals surface area contributed by atoms with Crippen LogP contribution in [0, 0.1) is 12.3 Å². The Morgan fingerprint density at radius 1 is 1.05 bits per heavy atom. The first-order valence-electron chi connectivity index (χ1n) is 14.7. The van der Waals surface area contributed by atoms with Gasteiger partial charge in [-0.15, -0.1) is 0 Å². The number of hydrogen-bond acceptors (Lipinski definition) is 6. The fourth-order valence-corrected chi connectivity index (χ4v) is 6.83. The minimum absolute atomic E-state index is 0.0785. The molecule has 1 spiro atoms. The molecule has 2 aromatic rings. The summed E-state index contributed by atoms with van der Waals surface area (Å²) in [4.78, 5) is 49.5. The van der Waals surface area contributed by atoms with Crippen molar-refractivity contribution in [3.8, 4) is 0 Å². The Morgan fingerprint density at radius 2 is 1.76 bits per heavy atom. The Bertz CT molecular complexity index is 1320. The third-order valence-electron chi connectivity index (χ3n) is 9.02. The average molecular weight is 566 g/mol. The van der Waals surface area contributed by atoms with Crippen molar-refractivity contribution in [1.82, 2.24) is 24.3 Å². The van der Waals surface area contributed by atoms with E-state index in [-0.39, 0.29) is 30.3 Å². The van der Waals surface area contributed by atoms with E-state index < -0.39 is 16.6 Å². The van der Waals surface area contributed by atoms with E-state index in [1.165, 1.54) is 17.0 Å². The number of aryl methyl sites for hydroxylation is 1. The summed E-state index contributed by atoms with van der Waals surface area (Å²) in [5.74, 6) is 0. The molecule has 1 N–H and O–H groups in total. The lowest BCUT2D eigenvalue weighted by atomic mass is 9.66. The first kappa shape index (κ1) is 29.1. The van der Waals surface area contributed by atoms with Gasteiger partial charge in [0.15, 0.2) is 0 Å². The van der Waals surface area contributed by atoms with Crippen molar-refractivity contribution in [2.45, 2.75) is 83.6 Å². The number of piperidine rings is 1. The van der Waals surface area contributed by atoms with Crippen LogP contribution in [-0.2, 0) is 11.3 Å². The van der Waals surface area contributed by atoms with Crippen molar-refractivity contribution in [3.63, 3.8) is 0 Å². The van der Waals surface area contributed by atoms with Crippen LogP contribution >= 0.6 is 0 Å². The van der Waals surface area contributed by atoms with Crippen LogP contribution in [0.4, 0.5) is 9.59 Å². The summed E-state index contributed by atoms with van der Waals surface area (Å²) in [5.41, 5.74) is -0.780. The summed E-state index contributed by atoms with van der Waals surface area (Å²) in [6.45, 7) is 9.43. The molecule has 3 amide bonds. The molecule has 3 fully saturated rings. The first-order valence-corrected chi connectivity index (χ1v) is 14.7. The fraction of sp³-hybridized carbons (Fsp3) is 0.613. The standard InChI is InChI=1S/C31H43N5O5/c1-23-18-26(37)35(22-32-23)21-31(40)14-15-34(20-30(31)12-8-9-13-30)27(38)36-17-16-33(28(39)41-29(2,3)4)19-25(36)24-10-6-5-7-11-24/h5-7,10-11,18,22,25,40H,8-9,12-17,19-21H2,1-4H3/t25-,31+/m0/s1. The Kier molecular flexibility index (Phi) is 7.89. The highest BCUT2D eigenvalue weighted by molar-refractivity contribution is 5.76. The van der Waals surface area contributed by atoms with Crippen molar-refractivity contribution in [3.05, 3.63) is 64.3 Å². The third kappa shape index (κ3) is 5.98. The largest absolute Gasteiger partial charge is 0.444 e. The van der Waals surface area contributed by atoms with Crippen molar-refractivity contribution in [2.24, 2.45) is 5.41 Å². The van der Waals surface area contributed by atoms with Gasteiger partial charge in [-0.1, -0.05) is 43.2 Å². The monoisotopic (exact) mass is 565 g/mol. The van der Waals surface area contributed by atoms with E-state index in [4.69, 9.17) is 4.74 Å². The van der Waals surface area contributed by atoms with Crippen LogP contribution in [0.3, 0.4) is 0 Å². The summed E-state index contributed by atoms with van der Waals surface area (Å²) in [7, 11) is 0. The number of piperazine rings is 1. The number of ether oxygens (including phenoxy) is 1. The van der Waals surface area contributed by atoms with Crippen LogP contribution in [-0.4, -0.2) is 85.4 Å². The molecule has 0 unspecified atom stereocenters. The summed E-state index contributed by atoms with van der Waals surface area (Å²) in [6.07, 6.45) is 5.08. The lowest BCUT2D eigenvalue weighted by Gasteiger charge is -2.53. The van der Waals surface area contributed by atoms with Crippen LogP contribution in [0.15, 0.2) is 47.5 Å². The fourth-order valence-electron chi connectivity index (χ4n) is 6.83. The number of aromatic nitrogens is 2. The van der Waals surface area contributed by atoms with Crippen molar-refractivity contribution in [1.29, 1.82) is 0 Å². The molecule has 3 aliphatic rings. The van der Waals surface area contributed by atoms with Gasteiger partial charge in [0.1, 0.15) is 5.60 Å². The molecule has 10 heteroatoms. The molecule has 1 aliphatic carbocycles. The minimum atomic E-state index is -1.12. The van der Waals surface area contributed by atoms with Gasteiger partial charge in [-0.3, -0.25) is 9.36 Å². The number of likely N-dealkylation sites (tertiary alicyclic amines) is 1. The van der Waals surface area contributed by atoms with Gasteiger partial charge in [-0.2, -0.15) is 0 Å². The zero-order valence-electron chi connectivity index (χ0n) is 24.7. The molecule has 1 aromatic heterocycles. The molecule has 1 saturated carbocycles. The molecule has 1 aromatic carbocycles. The quantitative estimate of drug-likeness (QED) is 0.604. The molecule has 0 bridgehead atoms. The second-order valence-corrected chi connectivity index (χ2v) is 13.0. The number of carbonyl (C=O) groups excluding carboxylic acids is 2. The predicted octanol–water partition coefficient (Wildman–Crippen LogP) is 3.96. The first-order chi connectivity index (χ1) is 19.4. The lowest BCUT2D eigenvalue weighted by Crippen LogP contribution is -2.64. The molecule has 2 saturated heterocycles.